The zero-order chi connectivity index (χ0) is 21.5. The van der Waals surface area contributed by atoms with Crippen LogP contribution in [0.25, 0.3) is 0 Å². The third-order valence-electron chi connectivity index (χ3n) is 5.18. The predicted octanol–water partition coefficient (Wildman–Crippen LogP) is 5.77. The van der Waals surface area contributed by atoms with E-state index in [2.05, 4.69) is 42.3 Å². The number of methoxy groups -OCH3 is 1. The molecule has 0 saturated carbocycles. The molecule has 4 heteroatoms. The molecule has 1 amide bonds. The lowest BCUT2D eigenvalue weighted by Gasteiger charge is -2.25. The fourth-order valence-corrected chi connectivity index (χ4v) is 3.53. The molecule has 0 aliphatic rings. The summed E-state index contributed by atoms with van der Waals surface area (Å²) in [5.41, 5.74) is 5.28. The van der Waals surface area contributed by atoms with E-state index in [1.807, 2.05) is 61.5 Å². The van der Waals surface area contributed by atoms with Gasteiger partial charge in [-0.15, -0.1) is 0 Å². The molecule has 3 aromatic rings. The van der Waals surface area contributed by atoms with Crippen molar-refractivity contribution in [3.63, 3.8) is 0 Å². The Morgan fingerprint density at radius 1 is 0.967 bits per heavy atom. The Hall–Kier alpha value is -3.27. The molecule has 0 spiro atoms. The number of anilines is 2. The Morgan fingerprint density at radius 2 is 1.67 bits per heavy atom. The number of nitrogens with zero attached hydrogens (tertiary/aromatic N) is 1. The molecule has 0 fully saturated rings. The average Bonchev–Trinajstić information content (AvgIpc) is 2.75. The van der Waals surface area contributed by atoms with Crippen LogP contribution in [0.4, 0.5) is 11.4 Å². The number of hydrogen-bond acceptors (Lipinski definition) is 3. The van der Waals surface area contributed by atoms with E-state index in [0.717, 1.165) is 33.8 Å². The molecule has 0 bridgehead atoms. The number of ether oxygens (including phenoxy) is 1. The number of para-hydroxylation sites is 1. The van der Waals surface area contributed by atoms with Crippen molar-refractivity contribution in [2.45, 2.75) is 33.2 Å². The highest BCUT2D eigenvalue weighted by molar-refractivity contribution is 5.95. The first kappa shape index (κ1) is 21.4. The molecule has 4 nitrogen and oxygen atoms in total. The van der Waals surface area contributed by atoms with Crippen molar-refractivity contribution >= 4 is 17.3 Å². The SMILES string of the molecule is COc1ccc(N(CC(=O)Nc2c(C)cccc2C(C)C)Cc2ccccc2)cc1. The van der Waals surface area contributed by atoms with Crippen LogP contribution in [0, 0.1) is 6.92 Å². The summed E-state index contributed by atoms with van der Waals surface area (Å²) < 4.78 is 5.28. The van der Waals surface area contributed by atoms with E-state index >= 15 is 0 Å². The van der Waals surface area contributed by atoms with Gasteiger partial charge >= 0.3 is 0 Å². The third kappa shape index (κ3) is 5.41. The zero-order valence-electron chi connectivity index (χ0n) is 18.2. The highest BCUT2D eigenvalue weighted by atomic mass is 16.5. The van der Waals surface area contributed by atoms with E-state index in [0.29, 0.717) is 12.5 Å². The van der Waals surface area contributed by atoms with Crippen molar-refractivity contribution in [1.82, 2.24) is 0 Å². The molecule has 0 saturated heterocycles. The standard InChI is InChI=1S/C26H30N2O2/c1-19(2)24-12-8-9-20(3)26(24)27-25(29)18-28(17-21-10-6-5-7-11-21)22-13-15-23(30-4)16-14-22/h5-16,19H,17-18H2,1-4H3,(H,27,29). The van der Waals surface area contributed by atoms with Gasteiger partial charge in [-0.2, -0.15) is 0 Å². The number of rotatable bonds is 8. The molecule has 3 aromatic carbocycles. The van der Waals surface area contributed by atoms with Crippen molar-refractivity contribution in [3.05, 3.63) is 89.5 Å². The number of carbonyl (C=O) groups is 1. The normalized spacial score (nSPS) is 10.7. The first-order chi connectivity index (χ1) is 14.5. The summed E-state index contributed by atoms with van der Waals surface area (Å²) >= 11 is 0. The third-order valence-corrected chi connectivity index (χ3v) is 5.18. The van der Waals surface area contributed by atoms with Gasteiger partial charge in [-0.1, -0.05) is 62.4 Å². The highest BCUT2D eigenvalue weighted by Gasteiger charge is 2.16. The molecular formula is C26H30N2O2. The van der Waals surface area contributed by atoms with E-state index in [1.165, 1.54) is 0 Å². The van der Waals surface area contributed by atoms with E-state index in [9.17, 15) is 4.79 Å². The van der Waals surface area contributed by atoms with Crippen molar-refractivity contribution in [2.75, 3.05) is 23.9 Å². The van der Waals surface area contributed by atoms with Crippen molar-refractivity contribution in [3.8, 4) is 5.75 Å². The molecule has 0 aliphatic carbocycles. The summed E-state index contributed by atoms with van der Waals surface area (Å²) in [5, 5.41) is 3.16. The van der Waals surface area contributed by atoms with Gasteiger partial charge in [0.15, 0.2) is 0 Å². The van der Waals surface area contributed by atoms with Crippen LogP contribution in [-0.4, -0.2) is 19.6 Å². The van der Waals surface area contributed by atoms with Gasteiger partial charge in [-0.05, 0) is 53.8 Å². The predicted molar refractivity (Wildman–Crippen MR) is 124 cm³/mol. The van der Waals surface area contributed by atoms with Gasteiger partial charge in [0.1, 0.15) is 5.75 Å². The van der Waals surface area contributed by atoms with Crippen LogP contribution in [0.15, 0.2) is 72.8 Å². The molecule has 0 radical (unpaired) electrons. The Kier molecular flexibility index (Phi) is 7.12. The lowest BCUT2D eigenvalue weighted by atomic mass is 9.98. The molecule has 1 N–H and O–H groups in total. The maximum absolute atomic E-state index is 13.1. The van der Waals surface area contributed by atoms with Crippen LogP contribution >= 0.6 is 0 Å². The molecule has 0 aromatic heterocycles. The zero-order valence-corrected chi connectivity index (χ0v) is 18.2. The summed E-state index contributed by atoms with van der Waals surface area (Å²) in [6.07, 6.45) is 0. The quantitative estimate of drug-likeness (QED) is 0.520. The Morgan fingerprint density at radius 3 is 2.30 bits per heavy atom. The Labute approximate surface area is 179 Å². The van der Waals surface area contributed by atoms with Gasteiger partial charge in [0.25, 0.3) is 0 Å². The lowest BCUT2D eigenvalue weighted by Crippen LogP contribution is -2.33. The average molecular weight is 403 g/mol. The molecule has 0 heterocycles. The fourth-order valence-electron chi connectivity index (χ4n) is 3.53. The number of hydrogen-bond donors (Lipinski definition) is 1. The number of amides is 1. The van der Waals surface area contributed by atoms with Gasteiger partial charge in [0.2, 0.25) is 5.91 Å². The molecule has 0 atom stereocenters. The number of carbonyl (C=O) groups excluding carboxylic acids is 1. The molecule has 30 heavy (non-hydrogen) atoms. The summed E-state index contributed by atoms with van der Waals surface area (Å²) in [6, 6.07) is 24.2. The maximum Gasteiger partial charge on any atom is 0.243 e. The van der Waals surface area contributed by atoms with Gasteiger partial charge in [0, 0.05) is 17.9 Å². The van der Waals surface area contributed by atoms with Crippen LogP contribution in [0.2, 0.25) is 0 Å². The van der Waals surface area contributed by atoms with Crippen molar-refractivity contribution in [1.29, 1.82) is 0 Å². The monoisotopic (exact) mass is 402 g/mol. The Balaban J connectivity index is 1.83. The molecular weight excluding hydrogens is 372 g/mol. The fraction of sp³-hybridized carbons (Fsp3) is 0.269. The van der Waals surface area contributed by atoms with E-state index < -0.39 is 0 Å². The van der Waals surface area contributed by atoms with Crippen LogP contribution < -0.4 is 15.0 Å². The van der Waals surface area contributed by atoms with Crippen molar-refractivity contribution < 1.29 is 9.53 Å². The molecule has 3 rings (SSSR count). The first-order valence-corrected chi connectivity index (χ1v) is 10.3. The number of benzene rings is 3. The first-order valence-electron chi connectivity index (χ1n) is 10.3. The smallest absolute Gasteiger partial charge is 0.243 e. The maximum atomic E-state index is 13.1. The Bertz CT molecular complexity index is 966. The van der Waals surface area contributed by atoms with Crippen LogP contribution in [0.5, 0.6) is 5.75 Å². The molecule has 156 valence electrons. The van der Waals surface area contributed by atoms with Crippen LogP contribution in [0.1, 0.15) is 36.5 Å². The summed E-state index contributed by atoms with van der Waals surface area (Å²) in [5.74, 6) is 1.10. The second-order valence-electron chi connectivity index (χ2n) is 7.78. The van der Waals surface area contributed by atoms with E-state index in [4.69, 9.17) is 4.74 Å². The second-order valence-corrected chi connectivity index (χ2v) is 7.78. The summed E-state index contributed by atoms with van der Waals surface area (Å²) in [7, 11) is 1.65. The van der Waals surface area contributed by atoms with Crippen molar-refractivity contribution in [2.24, 2.45) is 0 Å². The van der Waals surface area contributed by atoms with Gasteiger partial charge < -0.3 is 15.0 Å². The lowest BCUT2D eigenvalue weighted by molar-refractivity contribution is -0.115. The molecule has 0 aliphatic heterocycles. The van der Waals surface area contributed by atoms with Gasteiger partial charge in [-0.3, -0.25) is 4.79 Å². The minimum absolute atomic E-state index is 0.0297. The topological polar surface area (TPSA) is 41.6 Å². The van der Waals surface area contributed by atoms with Gasteiger partial charge in [-0.25, -0.2) is 0 Å². The van der Waals surface area contributed by atoms with Gasteiger partial charge in [0.05, 0.1) is 13.7 Å². The number of nitrogens with one attached hydrogen (secondary N) is 1. The summed E-state index contributed by atoms with van der Waals surface area (Å²) in [6.45, 7) is 7.22. The number of aryl methyl sites for hydroxylation is 1. The minimum atomic E-state index is -0.0297. The minimum Gasteiger partial charge on any atom is -0.497 e. The molecule has 0 unspecified atom stereocenters. The highest BCUT2D eigenvalue weighted by Crippen LogP contribution is 2.28. The van der Waals surface area contributed by atoms with Crippen LogP contribution in [0.3, 0.4) is 0 Å². The van der Waals surface area contributed by atoms with E-state index in [1.54, 1.807) is 7.11 Å². The van der Waals surface area contributed by atoms with Crippen LogP contribution in [-0.2, 0) is 11.3 Å². The summed E-state index contributed by atoms with van der Waals surface area (Å²) in [4.78, 5) is 15.1. The second kappa shape index (κ2) is 9.97. The largest absolute Gasteiger partial charge is 0.497 e. The van der Waals surface area contributed by atoms with E-state index in [-0.39, 0.29) is 12.5 Å².